The predicted molar refractivity (Wildman–Crippen MR) is 20.0 cm³/mol. The van der Waals surface area contributed by atoms with Crippen LogP contribution in [0.25, 0.3) is 0 Å². The van der Waals surface area contributed by atoms with E-state index in [1.54, 1.807) is 12.5 Å². The molecule has 1 nitrogen and oxygen atoms in total. The van der Waals surface area contributed by atoms with E-state index >= 15 is 0 Å². The van der Waals surface area contributed by atoms with Gasteiger partial charge in [0.25, 0.3) is 0 Å². The van der Waals surface area contributed by atoms with Crippen LogP contribution in [0.3, 0.4) is 0 Å². The Bertz CT molecular complexity index is 36.5. The van der Waals surface area contributed by atoms with E-state index in [0.717, 1.165) is 0 Å². The molecular formula is C2H6ClNaOS. The zero-order valence-electron chi connectivity index (χ0n) is 4.19. The van der Waals surface area contributed by atoms with Crippen LogP contribution in [-0.2, 0) is 10.8 Å². The molecule has 4 heteroatoms. The molecule has 6 heavy (non-hydrogen) atoms. The van der Waals surface area contributed by atoms with Crippen LogP contribution >= 0.6 is 0 Å². The van der Waals surface area contributed by atoms with Crippen molar-refractivity contribution in [3.63, 3.8) is 0 Å². The summed E-state index contributed by atoms with van der Waals surface area (Å²) in [5.41, 5.74) is 0. The van der Waals surface area contributed by atoms with Gasteiger partial charge in [-0.25, -0.2) is 0 Å². The topological polar surface area (TPSA) is 17.1 Å². The van der Waals surface area contributed by atoms with E-state index in [2.05, 4.69) is 0 Å². The van der Waals surface area contributed by atoms with Crippen LogP contribution in [0.1, 0.15) is 0 Å². The second-order valence-electron chi connectivity index (χ2n) is 0.742. The Hall–Kier alpha value is 1.44. The number of hydrogen-bond acceptors (Lipinski definition) is 1. The average molecular weight is 137 g/mol. The number of halogens is 1. The Labute approximate surface area is 69.0 Å². The molecular weight excluding hydrogens is 131 g/mol. The van der Waals surface area contributed by atoms with Crippen LogP contribution in [0, 0.1) is 0 Å². The van der Waals surface area contributed by atoms with Crippen molar-refractivity contribution >= 4 is 10.8 Å². The maximum atomic E-state index is 9.56. The van der Waals surface area contributed by atoms with Gasteiger partial charge in [0.05, 0.1) is 0 Å². The zero-order valence-corrected chi connectivity index (χ0v) is 7.77. The van der Waals surface area contributed by atoms with Gasteiger partial charge >= 0.3 is 29.6 Å². The van der Waals surface area contributed by atoms with Crippen molar-refractivity contribution in [1.29, 1.82) is 0 Å². The van der Waals surface area contributed by atoms with Gasteiger partial charge in [-0.15, -0.1) is 0 Å². The van der Waals surface area contributed by atoms with Gasteiger partial charge in [-0.05, 0) is 0 Å². The zero-order chi connectivity index (χ0) is 3.58. The third-order valence-electron chi connectivity index (χ3n) is 0. The van der Waals surface area contributed by atoms with Gasteiger partial charge in [-0.2, -0.15) is 0 Å². The molecule has 0 aromatic rings. The third kappa shape index (κ3) is 51.7. The summed E-state index contributed by atoms with van der Waals surface area (Å²) in [6, 6.07) is 0. The maximum Gasteiger partial charge on any atom is 1.00 e. The fraction of sp³-hybridized carbons (Fsp3) is 1.00. The molecule has 34 valence electrons. The van der Waals surface area contributed by atoms with E-state index in [4.69, 9.17) is 0 Å². The molecule has 0 rings (SSSR count). The van der Waals surface area contributed by atoms with E-state index < -0.39 is 10.8 Å². The van der Waals surface area contributed by atoms with Crippen LogP contribution in [0.15, 0.2) is 0 Å². The van der Waals surface area contributed by atoms with Gasteiger partial charge in [0.15, 0.2) is 0 Å². The van der Waals surface area contributed by atoms with Crippen molar-refractivity contribution in [1.82, 2.24) is 0 Å². The minimum atomic E-state index is -0.611. The van der Waals surface area contributed by atoms with Gasteiger partial charge in [-0.1, -0.05) is 0 Å². The van der Waals surface area contributed by atoms with Crippen molar-refractivity contribution in [2.45, 2.75) is 0 Å². The van der Waals surface area contributed by atoms with Crippen LogP contribution in [-0.4, -0.2) is 16.7 Å². The molecule has 0 N–H and O–H groups in total. The molecule has 0 atom stereocenters. The van der Waals surface area contributed by atoms with Gasteiger partial charge in [-0.3, -0.25) is 4.21 Å². The molecule has 0 fully saturated rings. The minimum Gasteiger partial charge on any atom is -1.00 e. The minimum absolute atomic E-state index is 0. The Kier molecular flexibility index (Phi) is 25.2. The molecule has 0 heterocycles. The molecule has 0 saturated heterocycles. The predicted octanol–water partition coefficient (Wildman–Crippen LogP) is -6.00. The summed E-state index contributed by atoms with van der Waals surface area (Å²) in [4.78, 5) is 0. The quantitative estimate of drug-likeness (QED) is 0.303. The Morgan fingerprint density at radius 1 is 1.33 bits per heavy atom. The van der Waals surface area contributed by atoms with E-state index in [0.29, 0.717) is 0 Å². The van der Waals surface area contributed by atoms with Crippen molar-refractivity contribution in [3.8, 4) is 0 Å². The first-order valence-electron chi connectivity index (χ1n) is 0.983. The van der Waals surface area contributed by atoms with Crippen molar-refractivity contribution in [2.24, 2.45) is 0 Å². The number of rotatable bonds is 0. The van der Waals surface area contributed by atoms with Gasteiger partial charge in [0.2, 0.25) is 0 Å². The fourth-order valence-corrected chi connectivity index (χ4v) is 0. The molecule has 0 spiro atoms. The molecule has 0 amide bonds. The smallest absolute Gasteiger partial charge is 1.00 e. The Balaban J connectivity index is -0.0000000450. The third-order valence-corrected chi connectivity index (χ3v) is 0. The summed E-state index contributed by atoms with van der Waals surface area (Å²) >= 11 is 0. The second kappa shape index (κ2) is 9.67. The first-order chi connectivity index (χ1) is 1.73. The van der Waals surface area contributed by atoms with Crippen molar-refractivity contribution < 1.29 is 46.2 Å². The molecule has 0 unspecified atom stereocenters. The summed E-state index contributed by atoms with van der Waals surface area (Å²) < 4.78 is 9.56. The van der Waals surface area contributed by atoms with Crippen LogP contribution < -0.4 is 42.0 Å². The number of hydrogen-bond donors (Lipinski definition) is 0. The van der Waals surface area contributed by atoms with Gasteiger partial charge in [0.1, 0.15) is 0 Å². The van der Waals surface area contributed by atoms with Crippen LogP contribution in [0.4, 0.5) is 0 Å². The van der Waals surface area contributed by atoms with Crippen molar-refractivity contribution in [3.05, 3.63) is 0 Å². The molecule has 0 saturated carbocycles. The van der Waals surface area contributed by atoms with E-state index in [1.165, 1.54) is 0 Å². The second-order valence-corrected chi connectivity index (χ2v) is 2.22. The Morgan fingerprint density at radius 2 is 1.33 bits per heavy atom. The standard InChI is InChI=1S/C2H6OS.ClH.Na/c1-4(2)3;;/h1-2H3;1H;/q;;+1/p-1. The molecule has 0 aliphatic carbocycles. The first kappa shape index (κ1) is 15.7. The fourth-order valence-electron chi connectivity index (χ4n) is 0. The average Bonchev–Trinajstić information content (AvgIpc) is 0.811. The van der Waals surface area contributed by atoms with Gasteiger partial charge in [0, 0.05) is 23.3 Å². The van der Waals surface area contributed by atoms with E-state index in [1.807, 2.05) is 0 Å². The van der Waals surface area contributed by atoms with Crippen LogP contribution in [0.2, 0.25) is 0 Å². The van der Waals surface area contributed by atoms with Crippen molar-refractivity contribution in [2.75, 3.05) is 12.5 Å². The monoisotopic (exact) mass is 136 g/mol. The molecule has 0 aromatic carbocycles. The molecule has 0 radical (unpaired) electrons. The van der Waals surface area contributed by atoms with Gasteiger partial charge < -0.3 is 12.4 Å². The molecule has 0 aromatic heterocycles. The SMILES string of the molecule is CS(C)=O.[Cl-].[Na+]. The first-order valence-corrected chi connectivity index (χ1v) is 2.95. The summed E-state index contributed by atoms with van der Waals surface area (Å²) in [7, 11) is -0.611. The largest absolute Gasteiger partial charge is 1.00 e. The van der Waals surface area contributed by atoms with E-state index in [9.17, 15) is 4.21 Å². The van der Waals surface area contributed by atoms with E-state index in [-0.39, 0.29) is 42.0 Å². The Morgan fingerprint density at radius 3 is 1.33 bits per heavy atom. The summed E-state index contributed by atoms with van der Waals surface area (Å²) in [5, 5.41) is 0. The summed E-state index contributed by atoms with van der Waals surface area (Å²) in [5.74, 6) is 0. The summed E-state index contributed by atoms with van der Waals surface area (Å²) in [6.45, 7) is 0. The maximum absolute atomic E-state index is 9.56. The molecule has 0 aliphatic rings. The molecule has 0 bridgehead atoms. The molecule has 0 aliphatic heterocycles. The summed E-state index contributed by atoms with van der Waals surface area (Å²) in [6.07, 6.45) is 3.28. The normalized spacial score (nSPS) is 5.83. The van der Waals surface area contributed by atoms with Crippen LogP contribution in [0.5, 0.6) is 0 Å².